The molecule has 0 bridgehead atoms. The Morgan fingerprint density at radius 3 is 3.00 bits per heavy atom. The van der Waals surface area contributed by atoms with Crippen molar-refractivity contribution in [3.05, 3.63) is 41.6 Å². The molecule has 6 nitrogen and oxygen atoms in total. The van der Waals surface area contributed by atoms with E-state index in [0.29, 0.717) is 18.2 Å². The van der Waals surface area contributed by atoms with Crippen LogP contribution in [-0.4, -0.2) is 21.0 Å². The van der Waals surface area contributed by atoms with Crippen LogP contribution in [0.2, 0.25) is 0 Å². The van der Waals surface area contributed by atoms with E-state index in [0.717, 1.165) is 5.56 Å². The van der Waals surface area contributed by atoms with Crippen molar-refractivity contribution in [1.82, 2.24) is 9.97 Å². The Morgan fingerprint density at radius 1 is 1.59 bits per heavy atom. The molecule has 0 saturated carbocycles. The molecule has 6 heteroatoms. The molecule has 0 amide bonds. The summed E-state index contributed by atoms with van der Waals surface area (Å²) in [5.41, 5.74) is 1.51. The van der Waals surface area contributed by atoms with Gasteiger partial charge < -0.3 is 14.8 Å². The lowest BCUT2D eigenvalue weighted by atomic mass is 10.2. The molecule has 0 radical (unpaired) electrons. The number of furan rings is 1. The average molecular weight is 233 g/mol. The Bertz CT molecular complexity index is 523. The minimum absolute atomic E-state index is 0.110. The third-order valence-corrected chi connectivity index (χ3v) is 2.24. The van der Waals surface area contributed by atoms with E-state index in [2.05, 4.69) is 15.3 Å². The smallest absolute Gasteiger partial charge is 0.339 e. The summed E-state index contributed by atoms with van der Waals surface area (Å²) in [4.78, 5) is 18.8. The summed E-state index contributed by atoms with van der Waals surface area (Å²) < 4.78 is 4.92. The van der Waals surface area contributed by atoms with Gasteiger partial charge in [0.1, 0.15) is 0 Å². The first-order valence-electron chi connectivity index (χ1n) is 4.98. The zero-order valence-corrected chi connectivity index (χ0v) is 9.17. The lowest BCUT2D eigenvalue weighted by molar-refractivity contribution is 0.0695. The van der Waals surface area contributed by atoms with Crippen LogP contribution in [0, 0.1) is 6.92 Å². The number of carboxylic acid groups (broad SMARTS) is 1. The molecule has 88 valence electrons. The maximum atomic E-state index is 10.8. The van der Waals surface area contributed by atoms with Crippen molar-refractivity contribution in [3.63, 3.8) is 0 Å². The lowest BCUT2D eigenvalue weighted by Crippen LogP contribution is -2.08. The minimum Gasteiger partial charge on any atom is -0.478 e. The fourth-order valence-corrected chi connectivity index (χ4v) is 1.34. The Balaban J connectivity index is 2.07. The summed E-state index contributed by atoms with van der Waals surface area (Å²) >= 11 is 0. The quantitative estimate of drug-likeness (QED) is 0.835. The second-order valence-corrected chi connectivity index (χ2v) is 3.48. The van der Waals surface area contributed by atoms with Crippen molar-refractivity contribution in [2.75, 3.05) is 5.32 Å². The number of carbonyl (C=O) groups is 1. The van der Waals surface area contributed by atoms with Crippen molar-refractivity contribution in [2.45, 2.75) is 13.5 Å². The lowest BCUT2D eigenvalue weighted by Gasteiger charge is -2.05. The second kappa shape index (κ2) is 4.65. The van der Waals surface area contributed by atoms with Crippen molar-refractivity contribution in [3.8, 4) is 0 Å². The van der Waals surface area contributed by atoms with Crippen LogP contribution in [0.4, 0.5) is 5.95 Å². The van der Waals surface area contributed by atoms with Crippen LogP contribution >= 0.6 is 0 Å². The molecule has 0 spiro atoms. The van der Waals surface area contributed by atoms with Crippen LogP contribution in [0.1, 0.15) is 21.6 Å². The maximum Gasteiger partial charge on any atom is 0.339 e. The van der Waals surface area contributed by atoms with Crippen molar-refractivity contribution >= 4 is 11.9 Å². The van der Waals surface area contributed by atoms with E-state index in [4.69, 9.17) is 9.52 Å². The molecule has 0 aliphatic carbocycles. The second-order valence-electron chi connectivity index (χ2n) is 3.48. The summed E-state index contributed by atoms with van der Waals surface area (Å²) in [5, 5.41) is 11.8. The van der Waals surface area contributed by atoms with Gasteiger partial charge in [-0.15, -0.1) is 0 Å². The van der Waals surface area contributed by atoms with E-state index >= 15 is 0 Å². The number of aromatic nitrogens is 2. The van der Waals surface area contributed by atoms with Crippen LogP contribution < -0.4 is 5.32 Å². The largest absolute Gasteiger partial charge is 0.478 e. The number of nitrogens with zero attached hydrogens (tertiary/aromatic N) is 2. The molecule has 2 aromatic heterocycles. The van der Waals surface area contributed by atoms with Crippen LogP contribution in [-0.2, 0) is 6.54 Å². The third kappa shape index (κ3) is 2.60. The Hall–Kier alpha value is -2.37. The summed E-state index contributed by atoms with van der Waals surface area (Å²) in [6.45, 7) is 2.16. The van der Waals surface area contributed by atoms with Gasteiger partial charge in [-0.1, -0.05) is 0 Å². The van der Waals surface area contributed by atoms with E-state index in [1.807, 2.05) is 6.07 Å². The zero-order chi connectivity index (χ0) is 12.3. The summed E-state index contributed by atoms with van der Waals surface area (Å²) in [7, 11) is 0. The van der Waals surface area contributed by atoms with Crippen molar-refractivity contribution in [2.24, 2.45) is 0 Å². The van der Waals surface area contributed by atoms with E-state index in [1.54, 1.807) is 19.5 Å². The molecule has 0 aliphatic heterocycles. The molecule has 0 aliphatic rings. The molecule has 17 heavy (non-hydrogen) atoms. The molecule has 2 heterocycles. The molecule has 2 N–H and O–H groups in total. The first-order valence-corrected chi connectivity index (χ1v) is 4.98. The fourth-order valence-electron chi connectivity index (χ4n) is 1.34. The summed E-state index contributed by atoms with van der Waals surface area (Å²) in [5.74, 6) is -0.627. The van der Waals surface area contributed by atoms with Gasteiger partial charge in [0.05, 0.1) is 23.8 Å². The molecule has 0 atom stereocenters. The normalized spacial score (nSPS) is 10.2. The molecule has 2 rings (SSSR count). The maximum absolute atomic E-state index is 10.8. The minimum atomic E-state index is -1.02. The molecule has 2 aromatic rings. The summed E-state index contributed by atoms with van der Waals surface area (Å²) in [6, 6.07) is 1.82. The van der Waals surface area contributed by atoms with Crippen LogP contribution in [0.25, 0.3) is 0 Å². The number of hydrogen-bond donors (Lipinski definition) is 2. The topological polar surface area (TPSA) is 88.3 Å². The monoisotopic (exact) mass is 233 g/mol. The first-order chi connectivity index (χ1) is 8.16. The van der Waals surface area contributed by atoms with Gasteiger partial charge in [-0.25, -0.2) is 14.8 Å². The summed E-state index contributed by atoms with van der Waals surface area (Å²) in [6.07, 6.45) is 4.49. The van der Waals surface area contributed by atoms with Gasteiger partial charge in [0, 0.05) is 18.3 Å². The number of carboxylic acids is 1. The van der Waals surface area contributed by atoms with Gasteiger partial charge >= 0.3 is 5.97 Å². The van der Waals surface area contributed by atoms with Crippen LogP contribution in [0.3, 0.4) is 0 Å². The van der Waals surface area contributed by atoms with Gasteiger partial charge in [-0.05, 0) is 13.0 Å². The van der Waals surface area contributed by atoms with E-state index < -0.39 is 5.97 Å². The highest BCUT2D eigenvalue weighted by Crippen LogP contribution is 2.08. The number of anilines is 1. The third-order valence-electron chi connectivity index (χ3n) is 2.24. The van der Waals surface area contributed by atoms with E-state index in [-0.39, 0.29) is 5.56 Å². The SMILES string of the molecule is Cc1nc(NCc2ccoc2)ncc1C(=O)O. The number of rotatable bonds is 4. The van der Waals surface area contributed by atoms with Crippen molar-refractivity contribution in [1.29, 1.82) is 0 Å². The fraction of sp³-hybridized carbons (Fsp3) is 0.182. The number of hydrogen-bond acceptors (Lipinski definition) is 5. The molecule has 0 fully saturated rings. The predicted molar refractivity (Wildman–Crippen MR) is 59.8 cm³/mol. The molecular formula is C11H11N3O3. The molecule has 0 saturated heterocycles. The predicted octanol–water partition coefficient (Wildman–Crippen LogP) is 1.69. The highest BCUT2D eigenvalue weighted by atomic mass is 16.4. The van der Waals surface area contributed by atoms with Crippen LogP contribution in [0.5, 0.6) is 0 Å². The van der Waals surface area contributed by atoms with Gasteiger partial charge in [0.25, 0.3) is 0 Å². The Labute approximate surface area is 97.3 Å². The van der Waals surface area contributed by atoms with Crippen LogP contribution in [0.15, 0.2) is 29.2 Å². The number of aryl methyl sites for hydroxylation is 1. The van der Waals surface area contributed by atoms with Gasteiger partial charge in [-0.3, -0.25) is 0 Å². The highest BCUT2D eigenvalue weighted by molar-refractivity contribution is 5.88. The number of nitrogens with one attached hydrogen (secondary N) is 1. The number of aromatic carboxylic acids is 1. The zero-order valence-electron chi connectivity index (χ0n) is 9.17. The molecular weight excluding hydrogens is 222 g/mol. The van der Waals surface area contributed by atoms with Crippen molar-refractivity contribution < 1.29 is 14.3 Å². The molecule has 0 aromatic carbocycles. The van der Waals surface area contributed by atoms with Gasteiger partial charge in [0.15, 0.2) is 0 Å². The molecule has 0 unspecified atom stereocenters. The Kier molecular flexibility index (Phi) is 3.04. The average Bonchev–Trinajstić information content (AvgIpc) is 2.78. The Morgan fingerprint density at radius 2 is 2.41 bits per heavy atom. The standard InChI is InChI=1S/C11H11N3O3/c1-7-9(10(15)16)5-13-11(14-7)12-4-8-2-3-17-6-8/h2-3,5-6H,4H2,1H3,(H,15,16)(H,12,13,14). The first kappa shape index (κ1) is 11.1. The van der Waals surface area contributed by atoms with E-state index in [9.17, 15) is 4.79 Å². The van der Waals surface area contributed by atoms with Gasteiger partial charge in [0.2, 0.25) is 5.95 Å². The van der Waals surface area contributed by atoms with Gasteiger partial charge in [-0.2, -0.15) is 0 Å². The highest BCUT2D eigenvalue weighted by Gasteiger charge is 2.09. The van der Waals surface area contributed by atoms with E-state index in [1.165, 1.54) is 6.20 Å².